The molecule has 13 heavy (non-hydrogen) atoms. The van der Waals surface area contributed by atoms with E-state index in [1.807, 2.05) is 19.1 Å². The molecule has 0 fully saturated rings. The van der Waals surface area contributed by atoms with E-state index in [1.54, 1.807) is 0 Å². The average Bonchev–Trinajstić information content (AvgIpc) is 2.16. The van der Waals surface area contributed by atoms with Crippen molar-refractivity contribution in [2.75, 3.05) is 0 Å². The normalized spacial score (nSPS) is 13.7. The predicted octanol–water partition coefficient (Wildman–Crippen LogP) is 2.34. The molecule has 0 aliphatic carbocycles. The third-order valence-corrected chi connectivity index (χ3v) is 2.07. The number of hydrogen-bond acceptors (Lipinski definition) is 2. The molecule has 0 radical (unpaired) electrons. The Labute approximate surface area is 77.1 Å². The molecule has 0 amide bonds. The lowest BCUT2D eigenvalue weighted by atomic mass is 10.0. The summed E-state index contributed by atoms with van der Waals surface area (Å²) in [6.07, 6.45) is 2.21. The van der Waals surface area contributed by atoms with Gasteiger partial charge in [0.2, 0.25) is 0 Å². The lowest BCUT2D eigenvalue weighted by molar-refractivity contribution is 0.460. The van der Waals surface area contributed by atoms with Crippen LogP contribution in [0.1, 0.15) is 11.1 Å². The molecular formula is C11H9NO. The van der Waals surface area contributed by atoms with Crippen LogP contribution in [0.25, 0.3) is 0 Å². The minimum Gasteiger partial charge on any atom is -0.464 e. The van der Waals surface area contributed by atoms with Crippen molar-refractivity contribution >= 4 is 0 Å². The van der Waals surface area contributed by atoms with E-state index < -0.39 is 0 Å². The Bertz CT molecular complexity index is 413. The molecule has 2 nitrogen and oxygen atoms in total. The molecule has 2 rings (SSSR count). The van der Waals surface area contributed by atoms with Crippen LogP contribution in [0.15, 0.2) is 30.0 Å². The van der Waals surface area contributed by atoms with Crippen molar-refractivity contribution in [3.05, 3.63) is 41.2 Å². The van der Waals surface area contributed by atoms with Crippen LogP contribution in [0.2, 0.25) is 0 Å². The van der Waals surface area contributed by atoms with E-state index in [0.29, 0.717) is 12.0 Å². The van der Waals surface area contributed by atoms with Gasteiger partial charge in [0.25, 0.3) is 0 Å². The third-order valence-electron chi connectivity index (χ3n) is 2.07. The second-order valence-electron chi connectivity index (χ2n) is 3.16. The Kier molecular flexibility index (Phi) is 1.79. The smallest absolute Gasteiger partial charge is 0.130 e. The molecule has 2 heteroatoms. The fourth-order valence-electron chi connectivity index (χ4n) is 1.41. The number of aryl methyl sites for hydroxylation is 1. The topological polar surface area (TPSA) is 33.0 Å². The first kappa shape index (κ1) is 7.88. The summed E-state index contributed by atoms with van der Waals surface area (Å²) in [5, 5.41) is 8.69. The van der Waals surface area contributed by atoms with Crippen molar-refractivity contribution in [3.63, 3.8) is 0 Å². The molecule has 0 aromatic heterocycles. The van der Waals surface area contributed by atoms with Crippen LogP contribution in [0.3, 0.4) is 0 Å². The van der Waals surface area contributed by atoms with Crippen molar-refractivity contribution in [2.45, 2.75) is 13.3 Å². The van der Waals surface area contributed by atoms with Crippen LogP contribution in [-0.2, 0) is 6.42 Å². The molecule has 0 saturated heterocycles. The lowest BCUT2D eigenvalue weighted by Crippen LogP contribution is -2.01. The first-order valence-electron chi connectivity index (χ1n) is 4.15. The van der Waals surface area contributed by atoms with Crippen LogP contribution in [0.5, 0.6) is 5.75 Å². The Morgan fingerprint density at radius 3 is 3.08 bits per heavy atom. The van der Waals surface area contributed by atoms with Gasteiger partial charge in [-0.05, 0) is 13.0 Å². The maximum absolute atomic E-state index is 8.69. The first-order chi connectivity index (χ1) is 6.29. The summed E-state index contributed by atoms with van der Waals surface area (Å²) >= 11 is 0. The Morgan fingerprint density at radius 2 is 2.31 bits per heavy atom. The van der Waals surface area contributed by atoms with Gasteiger partial charge in [0.05, 0.1) is 11.6 Å². The SMILES string of the molecule is Cc1ccc2c(c1)CC(C#N)=CO2. The summed E-state index contributed by atoms with van der Waals surface area (Å²) in [6.45, 7) is 2.03. The Morgan fingerprint density at radius 1 is 1.46 bits per heavy atom. The molecule has 64 valence electrons. The number of allylic oxidation sites excluding steroid dienone is 1. The van der Waals surface area contributed by atoms with E-state index in [2.05, 4.69) is 12.1 Å². The van der Waals surface area contributed by atoms with E-state index in [4.69, 9.17) is 10.00 Å². The highest BCUT2D eigenvalue weighted by atomic mass is 16.5. The molecule has 1 aliphatic rings. The molecule has 0 unspecified atom stereocenters. The van der Waals surface area contributed by atoms with E-state index in [-0.39, 0.29) is 0 Å². The standard InChI is InChI=1S/C11H9NO/c1-8-2-3-11-10(4-8)5-9(6-12)7-13-11/h2-4,7H,5H2,1H3. The van der Waals surface area contributed by atoms with Crippen LogP contribution >= 0.6 is 0 Å². The molecule has 0 N–H and O–H groups in total. The van der Waals surface area contributed by atoms with Crippen molar-refractivity contribution < 1.29 is 4.74 Å². The minimum absolute atomic E-state index is 0.679. The molecule has 0 bridgehead atoms. The molecule has 0 saturated carbocycles. The highest BCUT2D eigenvalue weighted by Gasteiger charge is 2.11. The second kappa shape index (κ2) is 2.95. The summed E-state index contributed by atoms with van der Waals surface area (Å²) in [6, 6.07) is 8.10. The van der Waals surface area contributed by atoms with E-state index in [0.717, 1.165) is 11.3 Å². The minimum atomic E-state index is 0.679. The molecule has 1 aromatic carbocycles. The molecule has 0 spiro atoms. The van der Waals surface area contributed by atoms with Crippen molar-refractivity contribution in [2.24, 2.45) is 0 Å². The summed E-state index contributed by atoms with van der Waals surface area (Å²) in [4.78, 5) is 0. The quantitative estimate of drug-likeness (QED) is 0.600. The van der Waals surface area contributed by atoms with Crippen molar-refractivity contribution in [1.29, 1.82) is 5.26 Å². The van der Waals surface area contributed by atoms with Gasteiger partial charge in [0.1, 0.15) is 12.0 Å². The largest absolute Gasteiger partial charge is 0.464 e. The summed E-state index contributed by atoms with van der Waals surface area (Å²) in [5.41, 5.74) is 2.97. The molecule has 1 aromatic rings. The maximum atomic E-state index is 8.69. The molecule has 0 atom stereocenters. The predicted molar refractivity (Wildman–Crippen MR) is 49.2 cm³/mol. The Balaban J connectivity index is 2.41. The summed E-state index contributed by atoms with van der Waals surface area (Å²) in [5.74, 6) is 0.865. The van der Waals surface area contributed by atoms with Crippen LogP contribution < -0.4 is 4.74 Å². The average molecular weight is 171 g/mol. The van der Waals surface area contributed by atoms with E-state index in [1.165, 1.54) is 11.8 Å². The van der Waals surface area contributed by atoms with Crippen molar-refractivity contribution in [3.8, 4) is 11.8 Å². The second-order valence-corrected chi connectivity index (χ2v) is 3.16. The van der Waals surface area contributed by atoms with Gasteiger partial charge in [-0.2, -0.15) is 5.26 Å². The summed E-state index contributed by atoms with van der Waals surface area (Å²) < 4.78 is 5.30. The van der Waals surface area contributed by atoms with Crippen LogP contribution in [0, 0.1) is 18.3 Å². The molecular weight excluding hydrogens is 162 g/mol. The number of nitrogens with zero attached hydrogens (tertiary/aromatic N) is 1. The zero-order valence-corrected chi connectivity index (χ0v) is 7.37. The van der Waals surface area contributed by atoms with Crippen LogP contribution in [-0.4, -0.2) is 0 Å². The van der Waals surface area contributed by atoms with Gasteiger partial charge < -0.3 is 4.74 Å². The first-order valence-corrected chi connectivity index (χ1v) is 4.15. The third kappa shape index (κ3) is 1.41. The number of rotatable bonds is 0. The zero-order chi connectivity index (χ0) is 9.26. The Hall–Kier alpha value is -1.75. The fourth-order valence-corrected chi connectivity index (χ4v) is 1.41. The van der Waals surface area contributed by atoms with Gasteiger partial charge >= 0.3 is 0 Å². The maximum Gasteiger partial charge on any atom is 0.130 e. The molecule has 1 aliphatic heterocycles. The number of benzene rings is 1. The monoisotopic (exact) mass is 171 g/mol. The fraction of sp³-hybridized carbons (Fsp3) is 0.182. The highest BCUT2D eigenvalue weighted by molar-refractivity contribution is 5.44. The van der Waals surface area contributed by atoms with E-state index in [9.17, 15) is 0 Å². The summed E-state index contributed by atoms with van der Waals surface area (Å²) in [7, 11) is 0. The van der Waals surface area contributed by atoms with Crippen molar-refractivity contribution in [1.82, 2.24) is 0 Å². The van der Waals surface area contributed by atoms with Gasteiger partial charge in [0, 0.05) is 12.0 Å². The molecule has 1 heterocycles. The highest BCUT2D eigenvalue weighted by Crippen LogP contribution is 2.26. The number of hydrogen-bond donors (Lipinski definition) is 0. The van der Waals surface area contributed by atoms with Crippen LogP contribution in [0.4, 0.5) is 0 Å². The zero-order valence-electron chi connectivity index (χ0n) is 7.37. The van der Waals surface area contributed by atoms with Gasteiger partial charge in [-0.25, -0.2) is 0 Å². The lowest BCUT2D eigenvalue weighted by Gasteiger charge is -2.13. The number of fused-ring (bicyclic) bond motifs is 1. The van der Waals surface area contributed by atoms with Gasteiger partial charge in [-0.1, -0.05) is 17.7 Å². The van der Waals surface area contributed by atoms with Gasteiger partial charge in [0.15, 0.2) is 0 Å². The van der Waals surface area contributed by atoms with E-state index >= 15 is 0 Å². The van der Waals surface area contributed by atoms with Gasteiger partial charge in [-0.15, -0.1) is 0 Å². The number of nitriles is 1. The van der Waals surface area contributed by atoms with Gasteiger partial charge in [-0.3, -0.25) is 0 Å². The number of ether oxygens (including phenoxy) is 1.